The summed E-state index contributed by atoms with van der Waals surface area (Å²) in [6.45, 7) is 6.87. The molecule has 0 atom stereocenters. The van der Waals surface area contributed by atoms with Gasteiger partial charge in [0.25, 0.3) is 0 Å². The predicted molar refractivity (Wildman–Crippen MR) is 85.0 cm³/mol. The van der Waals surface area contributed by atoms with Crippen molar-refractivity contribution in [1.29, 1.82) is 0 Å². The first-order chi connectivity index (χ1) is 10.6. The number of aryl methyl sites for hydroxylation is 2. The molecule has 2 amide bonds. The number of benzene rings is 1. The number of carbonyl (C=O) groups excluding carboxylic acids is 1. The monoisotopic (exact) mass is 304 g/mol. The van der Waals surface area contributed by atoms with Gasteiger partial charge in [-0.25, -0.2) is 4.79 Å². The number of urea groups is 1. The molecule has 2 saturated heterocycles. The van der Waals surface area contributed by atoms with Crippen LogP contribution in [0.15, 0.2) is 18.2 Å². The molecule has 22 heavy (non-hydrogen) atoms. The molecule has 120 valence electrons. The van der Waals surface area contributed by atoms with E-state index in [1.165, 1.54) is 0 Å². The van der Waals surface area contributed by atoms with Gasteiger partial charge in [-0.15, -0.1) is 0 Å². The van der Waals surface area contributed by atoms with Crippen LogP contribution in [-0.4, -0.2) is 43.0 Å². The molecule has 2 aliphatic heterocycles. The number of likely N-dealkylation sites (tertiary alicyclic amines) is 1. The largest absolute Gasteiger partial charge is 0.350 e. The number of carbonyl (C=O) groups is 1. The molecule has 2 heterocycles. The predicted octanol–water partition coefficient (Wildman–Crippen LogP) is 3.06. The normalized spacial score (nSPS) is 20.9. The molecule has 0 radical (unpaired) electrons. The van der Waals surface area contributed by atoms with Gasteiger partial charge in [-0.1, -0.05) is 18.2 Å². The van der Waals surface area contributed by atoms with Crippen LogP contribution in [-0.2, 0) is 9.47 Å². The Morgan fingerprint density at radius 2 is 1.73 bits per heavy atom. The Labute approximate surface area is 131 Å². The highest BCUT2D eigenvalue weighted by molar-refractivity contribution is 5.91. The van der Waals surface area contributed by atoms with Gasteiger partial charge in [0.15, 0.2) is 5.79 Å². The minimum atomic E-state index is -0.451. The Kier molecular flexibility index (Phi) is 4.36. The highest BCUT2D eigenvalue weighted by atomic mass is 16.7. The fourth-order valence-electron chi connectivity index (χ4n) is 3.15. The summed E-state index contributed by atoms with van der Waals surface area (Å²) >= 11 is 0. The summed E-state index contributed by atoms with van der Waals surface area (Å²) in [5.41, 5.74) is 3.08. The van der Waals surface area contributed by atoms with E-state index in [0.717, 1.165) is 49.3 Å². The van der Waals surface area contributed by atoms with Crippen molar-refractivity contribution in [3.8, 4) is 0 Å². The van der Waals surface area contributed by atoms with Crippen LogP contribution in [0.1, 0.15) is 30.4 Å². The Morgan fingerprint density at radius 3 is 2.32 bits per heavy atom. The number of piperidine rings is 1. The zero-order valence-electron chi connectivity index (χ0n) is 13.4. The van der Waals surface area contributed by atoms with E-state index in [-0.39, 0.29) is 6.03 Å². The molecule has 0 unspecified atom stereocenters. The number of para-hydroxylation sites is 1. The second-order valence-electron chi connectivity index (χ2n) is 6.15. The van der Waals surface area contributed by atoms with Gasteiger partial charge in [-0.3, -0.25) is 0 Å². The third-order valence-corrected chi connectivity index (χ3v) is 4.54. The zero-order valence-corrected chi connectivity index (χ0v) is 13.4. The van der Waals surface area contributed by atoms with Crippen molar-refractivity contribution in [3.63, 3.8) is 0 Å². The topological polar surface area (TPSA) is 50.8 Å². The molecule has 1 spiro atoms. The van der Waals surface area contributed by atoms with Crippen molar-refractivity contribution in [1.82, 2.24) is 4.90 Å². The highest BCUT2D eigenvalue weighted by Gasteiger charge is 2.39. The van der Waals surface area contributed by atoms with Crippen molar-refractivity contribution >= 4 is 11.7 Å². The van der Waals surface area contributed by atoms with Gasteiger partial charge in [0, 0.05) is 31.6 Å². The zero-order chi connectivity index (χ0) is 15.6. The minimum Gasteiger partial charge on any atom is -0.350 e. The fraction of sp³-hybridized carbons (Fsp3) is 0.588. The summed E-state index contributed by atoms with van der Waals surface area (Å²) < 4.78 is 11.6. The summed E-state index contributed by atoms with van der Waals surface area (Å²) in [6.07, 6.45) is 2.44. The number of hydrogen-bond acceptors (Lipinski definition) is 3. The van der Waals surface area contributed by atoms with E-state index in [1.54, 1.807) is 0 Å². The van der Waals surface area contributed by atoms with Gasteiger partial charge in [-0.05, 0) is 31.4 Å². The quantitative estimate of drug-likeness (QED) is 0.867. The second kappa shape index (κ2) is 6.26. The number of amides is 2. The molecule has 3 rings (SSSR count). The molecule has 0 aliphatic carbocycles. The molecule has 1 aromatic rings. The van der Waals surface area contributed by atoms with Crippen molar-refractivity contribution in [3.05, 3.63) is 29.3 Å². The Balaban J connectivity index is 1.60. The molecule has 1 aromatic carbocycles. The summed E-state index contributed by atoms with van der Waals surface area (Å²) in [5, 5.41) is 3.04. The first kappa shape index (κ1) is 15.3. The van der Waals surface area contributed by atoms with Gasteiger partial charge in [0.05, 0.1) is 13.2 Å². The SMILES string of the molecule is Cc1cccc(C)c1NC(=O)N1CCC2(CC1)OCCCO2. The second-order valence-corrected chi connectivity index (χ2v) is 6.15. The van der Waals surface area contributed by atoms with Gasteiger partial charge in [0.2, 0.25) is 0 Å². The Hall–Kier alpha value is -1.59. The average Bonchev–Trinajstić information content (AvgIpc) is 2.52. The first-order valence-electron chi connectivity index (χ1n) is 8.00. The Bertz CT molecular complexity index is 523. The van der Waals surface area contributed by atoms with Gasteiger partial charge in [0.1, 0.15) is 0 Å². The number of anilines is 1. The third-order valence-electron chi connectivity index (χ3n) is 4.54. The lowest BCUT2D eigenvalue weighted by molar-refractivity contribution is -0.281. The molecule has 5 nitrogen and oxygen atoms in total. The van der Waals surface area contributed by atoms with Crippen LogP contribution in [0, 0.1) is 13.8 Å². The molecule has 2 fully saturated rings. The smallest absolute Gasteiger partial charge is 0.321 e. The minimum absolute atomic E-state index is 0.0388. The molecule has 1 N–H and O–H groups in total. The van der Waals surface area contributed by atoms with E-state index >= 15 is 0 Å². The molecule has 0 aromatic heterocycles. The van der Waals surface area contributed by atoms with Crippen molar-refractivity contribution in [2.24, 2.45) is 0 Å². The Morgan fingerprint density at radius 1 is 1.14 bits per heavy atom. The lowest BCUT2D eigenvalue weighted by Crippen LogP contribution is -2.52. The lowest BCUT2D eigenvalue weighted by Gasteiger charge is -2.43. The summed E-state index contributed by atoms with van der Waals surface area (Å²) in [6, 6.07) is 5.99. The van der Waals surface area contributed by atoms with Crippen LogP contribution in [0.25, 0.3) is 0 Å². The van der Waals surface area contributed by atoms with E-state index in [2.05, 4.69) is 5.32 Å². The molecule has 5 heteroatoms. The van der Waals surface area contributed by atoms with Crippen LogP contribution >= 0.6 is 0 Å². The molecule has 0 saturated carbocycles. The maximum absolute atomic E-state index is 12.5. The van der Waals surface area contributed by atoms with Gasteiger partial charge < -0.3 is 19.7 Å². The van der Waals surface area contributed by atoms with E-state index in [4.69, 9.17) is 9.47 Å². The number of rotatable bonds is 1. The number of nitrogens with zero attached hydrogens (tertiary/aromatic N) is 1. The highest BCUT2D eigenvalue weighted by Crippen LogP contribution is 2.31. The van der Waals surface area contributed by atoms with Crippen molar-refractivity contribution in [2.75, 3.05) is 31.6 Å². The number of nitrogens with one attached hydrogen (secondary N) is 1. The standard InChI is InChI=1S/C17H24N2O3/c1-13-5-3-6-14(2)15(13)18-16(20)19-9-7-17(8-10-19)21-11-4-12-22-17/h3,5-6H,4,7-12H2,1-2H3,(H,18,20). The maximum atomic E-state index is 12.5. The summed E-state index contributed by atoms with van der Waals surface area (Å²) in [5.74, 6) is -0.451. The lowest BCUT2D eigenvalue weighted by atomic mass is 10.0. The first-order valence-corrected chi connectivity index (χ1v) is 8.00. The van der Waals surface area contributed by atoms with E-state index < -0.39 is 5.79 Å². The van der Waals surface area contributed by atoms with Gasteiger partial charge in [-0.2, -0.15) is 0 Å². The summed E-state index contributed by atoms with van der Waals surface area (Å²) in [4.78, 5) is 14.3. The molecular weight excluding hydrogens is 280 g/mol. The molecule has 0 bridgehead atoms. The average molecular weight is 304 g/mol. The summed E-state index contributed by atoms with van der Waals surface area (Å²) in [7, 11) is 0. The van der Waals surface area contributed by atoms with E-state index in [9.17, 15) is 4.79 Å². The van der Waals surface area contributed by atoms with Crippen LogP contribution in [0.4, 0.5) is 10.5 Å². The van der Waals surface area contributed by atoms with Crippen LogP contribution in [0.5, 0.6) is 0 Å². The van der Waals surface area contributed by atoms with Crippen LogP contribution < -0.4 is 5.32 Å². The van der Waals surface area contributed by atoms with Gasteiger partial charge >= 0.3 is 6.03 Å². The molecule has 2 aliphatic rings. The maximum Gasteiger partial charge on any atom is 0.321 e. The number of ether oxygens (including phenoxy) is 2. The van der Waals surface area contributed by atoms with Crippen LogP contribution in [0.2, 0.25) is 0 Å². The van der Waals surface area contributed by atoms with E-state index in [0.29, 0.717) is 13.1 Å². The van der Waals surface area contributed by atoms with Crippen molar-refractivity contribution < 1.29 is 14.3 Å². The third kappa shape index (κ3) is 3.10. The van der Waals surface area contributed by atoms with E-state index in [1.807, 2.05) is 36.9 Å². The fourth-order valence-corrected chi connectivity index (χ4v) is 3.15. The van der Waals surface area contributed by atoms with Crippen LogP contribution in [0.3, 0.4) is 0 Å². The van der Waals surface area contributed by atoms with Crippen molar-refractivity contribution in [2.45, 2.75) is 38.9 Å². The number of hydrogen-bond donors (Lipinski definition) is 1. The molecular formula is C17H24N2O3.